The lowest BCUT2D eigenvalue weighted by molar-refractivity contribution is -0.135. The van der Waals surface area contributed by atoms with E-state index in [-0.39, 0.29) is 48.4 Å². The molecule has 1 N–H and O–H groups in total. The molecule has 0 unspecified atom stereocenters. The van der Waals surface area contributed by atoms with Crippen LogP contribution in [0.1, 0.15) is 35.7 Å². The molecule has 1 atom stereocenters. The lowest BCUT2D eigenvalue weighted by atomic mass is 10.0. The highest BCUT2D eigenvalue weighted by Crippen LogP contribution is 2.24. The van der Waals surface area contributed by atoms with E-state index in [1.807, 2.05) is 0 Å². The average Bonchev–Trinajstić information content (AvgIpc) is 3.10. The Hall–Kier alpha value is -2.86. The fourth-order valence-electron chi connectivity index (χ4n) is 3.76. The Balaban J connectivity index is 1.71. The second-order valence-corrected chi connectivity index (χ2v) is 10.0. The summed E-state index contributed by atoms with van der Waals surface area (Å²) >= 11 is 0. The molecular weight excluding hydrogens is 458 g/mol. The van der Waals surface area contributed by atoms with Crippen molar-refractivity contribution < 1.29 is 31.3 Å². The van der Waals surface area contributed by atoms with Gasteiger partial charge in [0.2, 0.25) is 15.9 Å². The first-order chi connectivity index (χ1) is 15.4. The van der Waals surface area contributed by atoms with Crippen LogP contribution in [0.3, 0.4) is 0 Å². The van der Waals surface area contributed by atoms with E-state index < -0.39 is 45.1 Å². The van der Waals surface area contributed by atoms with Crippen LogP contribution in [0, 0.1) is 31.4 Å². The molecule has 1 aliphatic rings. The van der Waals surface area contributed by atoms with Crippen LogP contribution < -0.4 is 5.32 Å². The summed E-state index contributed by atoms with van der Waals surface area (Å²) in [6.45, 7) is 6.71. The quantitative estimate of drug-likeness (QED) is 0.670. The molecule has 9 nitrogen and oxygen atoms in total. The Labute approximate surface area is 190 Å². The number of sulfonamides is 1. The van der Waals surface area contributed by atoms with Gasteiger partial charge in [-0.2, -0.15) is 4.31 Å². The number of aryl methyl sites for hydroxylation is 2. The van der Waals surface area contributed by atoms with Crippen molar-refractivity contribution in [3.8, 4) is 0 Å². The first-order valence-electron chi connectivity index (χ1n) is 10.4. The Morgan fingerprint density at radius 2 is 1.67 bits per heavy atom. The molecule has 1 fully saturated rings. The minimum atomic E-state index is -3.84. The van der Waals surface area contributed by atoms with Crippen LogP contribution in [0.4, 0.5) is 8.78 Å². The fraction of sp³-hybridized carbons (Fsp3) is 0.476. The zero-order chi connectivity index (χ0) is 24.5. The highest BCUT2D eigenvalue weighted by molar-refractivity contribution is 7.89. The second-order valence-electron chi connectivity index (χ2n) is 8.17. The first-order valence-corrected chi connectivity index (χ1v) is 11.9. The van der Waals surface area contributed by atoms with Gasteiger partial charge in [0.05, 0.1) is 0 Å². The second kappa shape index (κ2) is 9.56. The van der Waals surface area contributed by atoms with Crippen molar-refractivity contribution in [2.24, 2.45) is 5.92 Å². The highest BCUT2D eigenvalue weighted by Gasteiger charge is 2.37. The third-order valence-corrected chi connectivity index (χ3v) is 7.67. The maximum Gasteiger partial charge on any atom is 0.257 e. The molecule has 1 aromatic carbocycles. The number of amides is 2. The van der Waals surface area contributed by atoms with Gasteiger partial charge in [-0.3, -0.25) is 9.59 Å². The van der Waals surface area contributed by atoms with E-state index in [0.717, 1.165) is 18.2 Å². The topological polar surface area (TPSA) is 113 Å². The van der Waals surface area contributed by atoms with Crippen LogP contribution in [0.25, 0.3) is 0 Å². The summed E-state index contributed by atoms with van der Waals surface area (Å²) in [7, 11) is -3.84. The SMILES string of the molecule is Cc1noc(C)c1S(=O)(=O)N1CCN(C(=O)[C@@H](NC(=O)c2c(F)cccc2F)C(C)C)CC1. The van der Waals surface area contributed by atoms with Gasteiger partial charge in [-0.25, -0.2) is 17.2 Å². The summed E-state index contributed by atoms with van der Waals surface area (Å²) in [5, 5.41) is 6.12. The maximum atomic E-state index is 14.0. The number of nitrogens with one attached hydrogen (secondary N) is 1. The normalized spacial score (nSPS) is 16.2. The third-order valence-electron chi connectivity index (χ3n) is 5.53. The van der Waals surface area contributed by atoms with Crippen LogP contribution in [0.5, 0.6) is 0 Å². The lowest BCUT2D eigenvalue weighted by Crippen LogP contribution is -2.57. The zero-order valence-corrected chi connectivity index (χ0v) is 19.6. The summed E-state index contributed by atoms with van der Waals surface area (Å²) < 4.78 is 60.1. The van der Waals surface area contributed by atoms with Crippen LogP contribution in [-0.4, -0.2) is 66.8 Å². The largest absolute Gasteiger partial charge is 0.360 e. The zero-order valence-electron chi connectivity index (χ0n) is 18.8. The van der Waals surface area contributed by atoms with Crippen molar-refractivity contribution >= 4 is 21.8 Å². The molecule has 0 aliphatic carbocycles. The number of piperazine rings is 1. The Bertz CT molecular complexity index is 1120. The van der Waals surface area contributed by atoms with Crippen molar-refractivity contribution in [3.05, 3.63) is 46.9 Å². The Morgan fingerprint density at radius 3 is 2.15 bits per heavy atom. The van der Waals surface area contributed by atoms with Crippen LogP contribution in [-0.2, 0) is 14.8 Å². The summed E-state index contributed by atoms with van der Waals surface area (Å²) in [4.78, 5) is 27.1. The highest BCUT2D eigenvalue weighted by atomic mass is 32.2. The summed E-state index contributed by atoms with van der Waals surface area (Å²) in [6, 6.07) is 2.02. The lowest BCUT2D eigenvalue weighted by Gasteiger charge is -2.36. The number of aromatic nitrogens is 1. The van der Waals surface area contributed by atoms with Gasteiger partial charge < -0.3 is 14.7 Å². The van der Waals surface area contributed by atoms with Gasteiger partial charge in [0, 0.05) is 26.2 Å². The fourth-order valence-corrected chi connectivity index (χ4v) is 5.47. The molecule has 0 spiro atoms. The molecule has 12 heteroatoms. The number of hydrogen-bond acceptors (Lipinski definition) is 6. The number of nitrogens with zero attached hydrogens (tertiary/aromatic N) is 3. The molecule has 1 saturated heterocycles. The molecule has 0 bridgehead atoms. The molecule has 2 aromatic rings. The number of benzene rings is 1. The number of halogens is 2. The molecule has 0 radical (unpaired) electrons. The molecule has 1 aliphatic heterocycles. The summed E-state index contributed by atoms with van der Waals surface area (Å²) in [5.41, 5.74) is -0.500. The molecule has 180 valence electrons. The van der Waals surface area contributed by atoms with Gasteiger partial charge in [0.15, 0.2) is 5.76 Å². The standard InChI is InChI=1S/C21H26F2N4O5S/c1-12(2)18(24-20(28)17-15(22)6-5-7-16(17)23)21(29)26-8-10-27(11-9-26)33(30,31)19-13(3)25-32-14(19)4/h5-7,12,18H,8-11H2,1-4H3,(H,24,28)/t18-/m0/s1. The average molecular weight is 485 g/mol. The first kappa shape index (κ1) is 24.8. The van der Waals surface area contributed by atoms with E-state index in [0.29, 0.717) is 0 Å². The van der Waals surface area contributed by atoms with Gasteiger partial charge in [0.25, 0.3) is 5.91 Å². The van der Waals surface area contributed by atoms with Crippen molar-refractivity contribution in [3.63, 3.8) is 0 Å². The number of rotatable bonds is 6. The Morgan fingerprint density at radius 1 is 1.09 bits per heavy atom. The molecule has 2 amide bonds. The number of carbonyl (C=O) groups is 2. The van der Waals surface area contributed by atoms with Gasteiger partial charge >= 0.3 is 0 Å². The van der Waals surface area contributed by atoms with E-state index in [1.54, 1.807) is 13.8 Å². The monoisotopic (exact) mass is 484 g/mol. The molecule has 2 heterocycles. The minimum absolute atomic E-state index is 0.0153. The Kier molecular flexibility index (Phi) is 7.17. The van der Waals surface area contributed by atoms with E-state index >= 15 is 0 Å². The van der Waals surface area contributed by atoms with Crippen molar-refractivity contribution in [1.82, 2.24) is 19.7 Å². The predicted octanol–water partition coefficient (Wildman–Crippen LogP) is 1.86. The van der Waals surface area contributed by atoms with Gasteiger partial charge in [-0.15, -0.1) is 0 Å². The molecular formula is C21H26F2N4O5S. The van der Waals surface area contributed by atoms with E-state index in [4.69, 9.17) is 4.52 Å². The number of hydrogen-bond donors (Lipinski definition) is 1. The smallest absolute Gasteiger partial charge is 0.257 e. The van der Waals surface area contributed by atoms with Crippen LogP contribution in [0.2, 0.25) is 0 Å². The third kappa shape index (κ3) is 4.91. The number of carbonyl (C=O) groups excluding carboxylic acids is 2. The minimum Gasteiger partial charge on any atom is -0.360 e. The van der Waals surface area contributed by atoms with Crippen LogP contribution in [0.15, 0.2) is 27.6 Å². The van der Waals surface area contributed by atoms with E-state index in [9.17, 15) is 26.8 Å². The van der Waals surface area contributed by atoms with Crippen molar-refractivity contribution in [1.29, 1.82) is 0 Å². The molecule has 1 aromatic heterocycles. The van der Waals surface area contributed by atoms with Gasteiger partial charge in [0.1, 0.15) is 33.8 Å². The summed E-state index contributed by atoms with van der Waals surface area (Å²) in [5.74, 6) is -3.72. The molecule has 0 saturated carbocycles. The van der Waals surface area contributed by atoms with Crippen molar-refractivity contribution in [2.45, 2.75) is 38.6 Å². The van der Waals surface area contributed by atoms with Gasteiger partial charge in [-0.05, 0) is 31.9 Å². The van der Waals surface area contributed by atoms with E-state index in [2.05, 4.69) is 10.5 Å². The molecule has 3 rings (SSSR count). The predicted molar refractivity (Wildman–Crippen MR) is 114 cm³/mol. The van der Waals surface area contributed by atoms with Crippen molar-refractivity contribution in [2.75, 3.05) is 26.2 Å². The molecule has 33 heavy (non-hydrogen) atoms. The van der Waals surface area contributed by atoms with E-state index in [1.165, 1.54) is 23.1 Å². The van der Waals surface area contributed by atoms with Crippen LogP contribution >= 0.6 is 0 Å². The maximum absolute atomic E-state index is 14.0. The summed E-state index contributed by atoms with van der Waals surface area (Å²) in [6.07, 6.45) is 0. The van der Waals surface area contributed by atoms with Gasteiger partial charge in [-0.1, -0.05) is 25.1 Å².